The van der Waals surface area contributed by atoms with Crippen molar-refractivity contribution >= 4 is 5.78 Å². The first-order chi connectivity index (χ1) is 8.88. The number of ether oxygens (including phenoxy) is 1. The highest BCUT2D eigenvalue weighted by molar-refractivity contribution is 5.84. The van der Waals surface area contributed by atoms with E-state index in [-0.39, 0.29) is 24.9 Å². The van der Waals surface area contributed by atoms with E-state index in [4.69, 9.17) is 10.5 Å². The van der Waals surface area contributed by atoms with Crippen molar-refractivity contribution in [1.82, 2.24) is 0 Å². The van der Waals surface area contributed by atoms with E-state index in [1.807, 2.05) is 0 Å². The third-order valence-electron chi connectivity index (χ3n) is 3.17. The van der Waals surface area contributed by atoms with E-state index in [1.165, 1.54) is 12.1 Å². The molecule has 3 nitrogen and oxygen atoms in total. The minimum atomic E-state index is -4.40. The molecule has 1 aliphatic heterocycles. The summed E-state index contributed by atoms with van der Waals surface area (Å²) in [6.45, 7) is 0.567. The first kappa shape index (κ1) is 14.0. The van der Waals surface area contributed by atoms with E-state index in [0.29, 0.717) is 12.2 Å². The maximum Gasteiger partial charge on any atom is 0.416 e. The maximum atomic E-state index is 12.5. The number of carbonyl (C=O) groups is 1. The Labute approximate surface area is 108 Å². The fraction of sp³-hybridized carbons (Fsp3) is 0.462. The van der Waals surface area contributed by atoms with Crippen molar-refractivity contribution in [2.45, 2.75) is 18.6 Å². The summed E-state index contributed by atoms with van der Waals surface area (Å²) >= 11 is 0. The van der Waals surface area contributed by atoms with Gasteiger partial charge < -0.3 is 10.5 Å². The molecule has 6 heteroatoms. The van der Waals surface area contributed by atoms with E-state index in [0.717, 1.165) is 12.1 Å². The Morgan fingerprint density at radius 3 is 2.68 bits per heavy atom. The van der Waals surface area contributed by atoms with Gasteiger partial charge in [0.2, 0.25) is 0 Å². The summed E-state index contributed by atoms with van der Waals surface area (Å²) < 4.78 is 42.7. The summed E-state index contributed by atoms with van der Waals surface area (Å²) in [6, 6.07) is 4.43. The predicted molar refractivity (Wildman–Crippen MR) is 62.4 cm³/mol. The minimum Gasteiger partial charge on any atom is -0.379 e. The molecule has 0 saturated carbocycles. The van der Waals surface area contributed by atoms with Crippen molar-refractivity contribution in [3.05, 3.63) is 35.4 Å². The Bertz CT molecular complexity index is 473. The first-order valence-corrected chi connectivity index (χ1v) is 5.90. The van der Waals surface area contributed by atoms with Crippen LogP contribution in [-0.2, 0) is 22.1 Å². The van der Waals surface area contributed by atoms with Gasteiger partial charge in [-0.1, -0.05) is 18.2 Å². The Morgan fingerprint density at radius 2 is 2.11 bits per heavy atom. The molecule has 104 valence electrons. The average molecular weight is 273 g/mol. The zero-order valence-electron chi connectivity index (χ0n) is 10.1. The summed E-state index contributed by atoms with van der Waals surface area (Å²) in [6.07, 6.45) is -4.45. The van der Waals surface area contributed by atoms with Gasteiger partial charge in [0.15, 0.2) is 0 Å². The molecular formula is C13H14F3NO2. The summed E-state index contributed by atoms with van der Waals surface area (Å²) in [4.78, 5) is 11.9. The monoisotopic (exact) mass is 273 g/mol. The lowest BCUT2D eigenvalue weighted by molar-refractivity contribution is -0.137. The Kier molecular flexibility index (Phi) is 3.91. The molecule has 2 atom stereocenters. The molecule has 0 radical (unpaired) electrons. The summed E-state index contributed by atoms with van der Waals surface area (Å²) in [5.41, 5.74) is 5.31. The Hall–Kier alpha value is -1.40. The van der Waals surface area contributed by atoms with Gasteiger partial charge in [0.1, 0.15) is 5.78 Å². The van der Waals surface area contributed by atoms with Crippen LogP contribution in [0.15, 0.2) is 24.3 Å². The average Bonchev–Trinajstić information content (AvgIpc) is 2.75. The zero-order chi connectivity index (χ0) is 14.0. The molecule has 0 aromatic heterocycles. The van der Waals surface area contributed by atoms with Crippen molar-refractivity contribution < 1.29 is 22.7 Å². The number of hydrogen-bond acceptors (Lipinski definition) is 3. The van der Waals surface area contributed by atoms with E-state index in [9.17, 15) is 18.0 Å². The van der Waals surface area contributed by atoms with Gasteiger partial charge >= 0.3 is 6.18 Å². The largest absolute Gasteiger partial charge is 0.416 e. The molecule has 1 saturated heterocycles. The molecule has 1 heterocycles. The molecule has 2 unspecified atom stereocenters. The SMILES string of the molecule is NC1COCC1C(=O)Cc1cccc(C(F)(F)F)c1. The van der Waals surface area contributed by atoms with E-state index in [2.05, 4.69) is 0 Å². The lowest BCUT2D eigenvalue weighted by Crippen LogP contribution is -2.34. The molecule has 19 heavy (non-hydrogen) atoms. The molecule has 1 aromatic rings. The van der Waals surface area contributed by atoms with Crippen molar-refractivity contribution in [1.29, 1.82) is 0 Å². The molecule has 2 N–H and O–H groups in total. The fourth-order valence-electron chi connectivity index (χ4n) is 2.09. The summed E-state index contributed by atoms with van der Waals surface area (Å²) in [5, 5.41) is 0. The molecule has 0 aliphatic carbocycles. The quantitative estimate of drug-likeness (QED) is 0.913. The molecule has 0 spiro atoms. The fourth-order valence-corrected chi connectivity index (χ4v) is 2.09. The number of Topliss-reactive ketones (excluding diaryl/α,β-unsaturated/α-hetero) is 1. The number of hydrogen-bond donors (Lipinski definition) is 1. The molecule has 1 aromatic carbocycles. The Balaban J connectivity index is 2.09. The third-order valence-corrected chi connectivity index (χ3v) is 3.17. The first-order valence-electron chi connectivity index (χ1n) is 5.90. The van der Waals surface area contributed by atoms with Crippen molar-refractivity contribution in [3.63, 3.8) is 0 Å². The van der Waals surface area contributed by atoms with Gasteiger partial charge in [0.05, 0.1) is 24.7 Å². The molecule has 0 bridgehead atoms. The lowest BCUT2D eigenvalue weighted by atomic mass is 9.94. The van der Waals surface area contributed by atoms with Crippen LogP contribution in [0.3, 0.4) is 0 Å². The van der Waals surface area contributed by atoms with Crippen LogP contribution in [0.1, 0.15) is 11.1 Å². The van der Waals surface area contributed by atoms with Gasteiger partial charge in [-0.25, -0.2) is 0 Å². The second kappa shape index (κ2) is 5.30. The van der Waals surface area contributed by atoms with Crippen LogP contribution in [0.2, 0.25) is 0 Å². The summed E-state index contributed by atoms with van der Waals surface area (Å²) in [5.74, 6) is -0.598. The molecule has 2 rings (SSSR count). The third kappa shape index (κ3) is 3.33. The van der Waals surface area contributed by atoms with Crippen LogP contribution in [0.4, 0.5) is 13.2 Å². The predicted octanol–water partition coefficient (Wildman–Crippen LogP) is 1.79. The number of nitrogens with two attached hydrogens (primary N) is 1. The van der Waals surface area contributed by atoms with Crippen LogP contribution < -0.4 is 5.73 Å². The lowest BCUT2D eigenvalue weighted by Gasteiger charge is -2.13. The topological polar surface area (TPSA) is 52.3 Å². The van der Waals surface area contributed by atoms with Crippen LogP contribution in [0.5, 0.6) is 0 Å². The standard InChI is InChI=1S/C13H14F3NO2/c14-13(15,16)9-3-1-2-8(4-9)5-12(18)10-6-19-7-11(10)17/h1-4,10-11H,5-7,17H2. The van der Waals surface area contributed by atoms with Gasteiger partial charge in [0.25, 0.3) is 0 Å². The number of halogens is 3. The number of carbonyl (C=O) groups excluding carboxylic acids is 1. The highest BCUT2D eigenvalue weighted by Gasteiger charge is 2.32. The van der Waals surface area contributed by atoms with Gasteiger partial charge in [-0.15, -0.1) is 0 Å². The van der Waals surface area contributed by atoms with Gasteiger partial charge in [0, 0.05) is 12.5 Å². The minimum absolute atomic E-state index is 0.0500. The highest BCUT2D eigenvalue weighted by Crippen LogP contribution is 2.29. The number of benzene rings is 1. The van der Waals surface area contributed by atoms with Crippen LogP contribution in [0.25, 0.3) is 0 Å². The van der Waals surface area contributed by atoms with Gasteiger partial charge in [-0.3, -0.25) is 4.79 Å². The maximum absolute atomic E-state index is 12.5. The van der Waals surface area contributed by atoms with Gasteiger partial charge in [-0.05, 0) is 11.6 Å². The van der Waals surface area contributed by atoms with Crippen molar-refractivity contribution in [2.75, 3.05) is 13.2 Å². The molecular weight excluding hydrogens is 259 g/mol. The molecule has 1 fully saturated rings. The van der Waals surface area contributed by atoms with E-state index < -0.39 is 17.7 Å². The van der Waals surface area contributed by atoms with Crippen LogP contribution in [-0.4, -0.2) is 25.0 Å². The smallest absolute Gasteiger partial charge is 0.379 e. The van der Waals surface area contributed by atoms with Crippen molar-refractivity contribution in [3.8, 4) is 0 Å². The zero-order valence-corrected chi connectivity index (χ0v) is 10.1. The van der Waals surface area contributed by atoms with Crippen molar-refractivity contribution in [2.24, 2.45) is 11.7 Å². The van der Waals surface area contributed by atoms with E-state index >= 15 is 0 Å². The number of alkyl halides is 3. The normalized spacial score (nSPS) is 23.6. The molecule has 0 amide bonds. The highest BCUT2D eigenvalue weighted by atomic mass is 19.4. The van der Waals surface area contributed by atoms with E-state index in [1.54, 1.807) is 0 Å². The number of rotatable bonds is 3. The molecule has 1 aliphatic rings. The van der Waals surface area contributed by atoms with Crippen LogP contribution >= 0.6 is 0 Å². The summed E-state index contributed by atoms with van der Waals surface area (Å²) in [7, 11) is 0. The van der Waals surface area contributed by atoms with Crippen LogP contribution in [0, 0.1) is 5.92 Å². The second-order valence-electron chi connectivity index (χ2n) is 4.65. The number of ketones is 1. The second-order valence-corrected chi connectivity index (χ2v) is 4.65. The Morgan fingerprint density at radius 1 is 1.37 bits per heavy atom. The van der Waals surface area contributed by atoms with Gasteiger partial charge in [-0.2, -0.15) is 13.2 Å².